The molecule has 10 N–H and O–H groups in total. The van der Waals surface area contributed by atoms with Gasteiger partial charge in [0.2, 0.25) is 35.4 Å². The summed E-state index contributed by atoms with van der Waals surface area (Å²) >= 11 is 0. The predicted molar refractivity (Wildman–Crippen MR) is 347 cm³/mol. The first kappa shape index (κ1) is 69.6. The van der Waals surface area contributed by atoms with Crippen molar-refractivity contribution in [1.29, 1.82) is 0 Å². The zero-order chi connectivity index (χ0) is 66.4. The van der Waals surface area contributed by atoms with Gasteiger partial charge in [0.1, 0.15) is 24.7 Å². The predicted octanol–water partition coefficient (Wildman–Crippen LogP) is 7.58. The molecule has 0 aliphatic carbocycles. The number of amides is 9. The highest BCUT2D eigenvalue weighted by Crippen LogP contribution is 2.37. The second-order valence-electron chi connectivity index (χ2n) is 25.1. The number of hydrogen-bond donors (Lipinski definition) is 9. The number of nitrogens with two attached hydrogens (primary N) is 1. The number of carboxylic acids is 1. The van der Waals surface area contributed by atoms with Gasteiger partial charge in [-0.3, -0.25) is 34.1 Å². The fraction of sp³-hybridized carbons (Fsp3) is 0.426. The zero-order valence-corrected chi connectivity index (χ0v) is 53.8. The Hall–Kier alpha value is -9.49. The summed E-state index contributed by atoms with van der Waals surface area (Å²) in [6, 6.07) is 21.5. The molecule has 22 nitrogen and oxygen atoms in total. The van der Waals surface area contributed by atoms with Crippen LogP contribution in [0.15, 0.2) is 109 Å². The summed E-state index contributed by atoms with van der Waals surface area (Å²) in [5.41, 5.74) is 9.75. The fourth-order valence-electron chi connectivity index (χ4n) is 10.9. The molecule has 0 radical (unpaired) electrons. The molecule has 0 saturated heterocycles. The van der Waals surface area contributed by atoms with Crippen molar-refractivity contribution in [2.75, 3.05) is 36.2 Å². The van der Waals surface area contributed by atoms with Crippen LogP contribution in [0.1, 0.15) is 123 Å². The highest BCUT2D eigenvalue weighted by atomic mass is 16.5. The lowest BCUT2D eigenvalue weighted by molar-refractivity contribution is -0.141. The van der Waals surface area contributed by atoms with E-state index in [0.717, 1.165) is 27.6 Å². The number of aryl methyl sites for hydroxylation is 1. The van der Waals surface area contributed by atoms with Gasteiger partial charge in [-0.05, 0) is 103 Å². The van der Waals surface area contributed by atoms with Gasteiger partial charge in [0.15, 0.2) is 0 Å². The molecule has 6 rings (SSSR count). The van der Waals surface area contributed by atoms with Gasteiger partial charge in [-0.1, -0.05) is 129 Å². The summed E-state index contributed by atoms with van der Waals surface area (Å²) in [6.45, 7) is 18.5. The number of benzene rings is 4. The Morgan fingerprint density at radius 1 is 0.767 bits per heavy atom. The van der Waals surface area contributed by atoms with Crippen LogP contribution in [-0.2, 0) is 63.9 Å². The van der Waals surface area contributed by atoms with Crippen molar-refractivity contribution in [2.45, 2.75) is 144 Å². The van der Waals surface area contributed by atoms with E-state index in [1.165, 1.54) is 11.8 Å². The first-order valence-electron chi connectivity index (χ1n) is 30.1. The van der Waals surface area contributed by atoms with Crippen molar-refractivity contribution in [2.24, 2.45) is 30.0 Å². The maximum atomic E-state index is 14.4. The summed E-state index contributed by atoms with van der Waals surface area (Å²) in [6.07, 6.45) is 2.73. The van der Waals surface area contributed by atoms with E-state index in [0.29, 0.717) is 28.2 Å². The molecule has 1 aliphatic heterocycles. The Kier molecular flexibility index (Phi) is 23.7. The monoisotopic (exact) mass is 1230 g/mol. The molecule has 4 aromatic carbocycles. The minimum atomic E-state index is -1.12. The van der Waals surface area contributed by atoms with Crippen molar-refractivity contribution in [1.82, 2.24) is 36.1 Å². The highest BCUT2D eigenvalue weighted by Gasteiger charge is 2.43. The summed E-state index contributed by atoms with van der Waals surface area (Å²) in [4.78, 5) is 123. The van der Waals surface area contributed by atoms with Gasteiger partial charge < -0.3 is 61.8 Å². The van der Waals surface area contributed by atoms with Gasteiger partial charge in [-0.25, -0.2) is 14.4 Å². The van der Waals surface area contributed by atoms with Crippen LogP contribution in [0.4, 0.5) is 26.7 Å². The second kappa shape index (κ2) is 30.6. The Morgan fingerprint density at radius 2 is 1.41 bits per heavy atom. The summed E-state index contributed by atoms with van der Waals surface area (Å²) in [5.74, 6) is 1.93. The van der Waals surface area contributed by atoms with Gasteiger partial charge >= 0.3 is 18.1 Å². The van der Waals surface area contributed by atoms with E-state index in [1.807, 2.05) is 121 Å². The van der Waals surface area contributed by atoms with Crippen molar-refractivity contribution >= 4 is 81.5 Å². The fourth-order valence-corrected chi connectivity index (χ4v) is 10.9. The molecule has 5 aromatic rings. The number of nitrogens with zero attached hydrogens (tertiary/aromatic N) is 3. The number of urea groups is 1. The number of nitrogens with one attached hydrogen (secondary N) is 7. The highest BCUT2D eigenvalue weighted by molar-refractivity contribution is 6.00. The molecule has 1 aliphatic rings. The number of para-hydroxylation sites is 1. The van der Waals surface area contributed by atoms with Crippen LogP contribution in [0.3, 0.4) is 0 Å². The summed E-state index contributed by atoms with van der Waals surface area (Å²) in [7, 11) is 5.15. The summed E-state index contributed by atoms with van der Waals surface area (Å²) in [5, 5.41) is 30.3. The van der Waals surface area contributed by atoms with Crippen LogP contribution in [0.25, 0.3) is 10.9 Å². The molecular weight excluding hydrogens is 1150 g/mol. The number of hydrogen-bond acceptors (Lipinski definition) is 11. The number of aromatic nitrogens is 1. The lowest BCUT2D eigenvalue weighted by Gasteiger charge is -2.39. The molecule has 22 heteroatoms. The maximum Gasteiger partial charge on any atom is 0.411 e. The normalized spacial score (nSPS) is 13.9. The van der Waals surface area contributed by atoms with E-state index in [9.17, 15) is 48.3 Å². The van der Waals surface area contributed by atoms with E-state index in [4.69, 9.17) is 10.5 Å². The third kappa shape index (κ3) is 18.1. The number of likely N-dealkylation sites (N-methyl/N-ethyl adjacent to an activating group) is 2. The number of carbonyl (C=O) groups is 9. The van der Waals surface area contributed by atoms with Gasteiger partial charge in [0.05, 0.1) is 29.8 Å². The van der Waals surface area contributed by atoms with Gasteiger partial charge in [0, 0.05) is 78.6 Å². The molecule has 0 saturated carbocycles. The van der Waals surface area contributed by atoms with Crippen molar-refractivity contribution in [3.05, 3.63) is 137 Å². The van der Waals surface area contributed by atoms with Gasteiger partial charge in [0.25, 0.3) is 0 Å². The van der Waals surface area contributed by atoms with Crippen LogP contribution in [0.5, 0.6) is 0 Å². The van der Waals surface area contributed by atoms with Crippen LogP contribution in [-0.4, -0.2) is 119 Å². The number of aliphatic carboxylic acids is 1. The Bertz CT molecular complexity index is 3570. The molecule has 1 aromatic heterocycles. The minimum absolute atomic E-state index is 0.0859. The van der Waals surface area contributed by atoms with Crippen molar-refractivity contribution < 1.29 is 53.0 Å². The Labute approximate surface area is 526 Å². The van der Waals surface area contributed by atoms with E-state index in [2.05, 4.69) is 49.1 Å². The number of anilines is 3. The average molecular weight is 1230 g/mol. The molecule has 9 amide bonds. The molecule has 0 unspecified atom stereocenters. The van der Waals surface area contributed by atoms with Gasteiger partial charge in [-0.15, -0.1) is 0 Å². The third-order valence-electron chi connectivity index (χ3n) is 16.0. The molecule has 0 bridgehead atoms. The van der Waals surface area contributed by atoms with Crippen LogP contribution in [0, 0.1) is 29.1 Å². The number of fused-ring (bicyclic) bond motifs is 3. The first-order chi connectivity index (χ1) is 42.4. The number of carboxylic acid groups (broad SMARTS) is 1. The van der Waals surface area contributed by atoms with Crippen molar-refractivity contribution in [3.63, 3.8) is 0 Å². The molecule has 0 spiro atoms. The smallest absolute Gasteiger partial charge is 0.411 e. The topological polar surface area (TPSA) is 305 Å². The summed E-state index contributed by atoms with van der Waals surface area (Å²) < 4.78 is 7.48. The van der Waals surface area contributed by atoms with Crippen LogP contribution < -0.4 is 47.9 Å². The lowest BCUT2D eigenvalue weighted by Crippen LogP contribution is -2.61. The van der Waals surface area contributed by atoms with E-state index >= 15 is 0 Å². The van der Waals surface area contributed by atoms with E-state index in [-0.39, 0.29) is 68.7 Å². The molecule has 90 heavy (non-hydrogen) atoms. The van der Waals surface area contributed by atoms with E-state index < -0.39 is 88.7 Å². The number of rotatable bonds is 26. The van der Waals surface area contributed by atoms with Crippen LogP contribution in [0.2, 0.25) is 0 Å². The largest absolute Gasteiger partial charge is 0.478 e. The quantitative estimate of drug-likeness (QED) is 0.0147. The molecule has 2 heterocycles. The number of ether oxygens (including phenoxy) is 1. The Balaban J connectivity index is 1.05. The first-order valence-corrected chi connectivity index (χ1v) is 30.1. The maximum absolute atomic E-state index is 14.4. The van der Waals surface area contributed by atoms with E-state index in [1.54, 1.807) is 75.3 Å². The van der Waals surface area contributed by atoms with Crippen LogP contribution >= 0.6 is 0 Å². The SMILES string of the molecule is CN[C@H](C(=O)N[C@H](C(=O)N(C)[C@H](/C=C(\C)C(=O)O)C(C)C)C(C)(C)C)C(C)(C)c1cn(C)c2cc(NC(=O)OCc3ccc(NC(=O)[C@H](CCCNC(N)=O)NC(=O)[C@@H](NC(=O)CCC(=O)N4Cc5ccccc5C#Cc5ccccc54)C(C)C)cc3)ccc12. The number of carbonyl (C=O) groups excluding carboxylic acids is 8. The molecule has 0 fully saturated rings. The zero-order valence-electron chi connectivity index (χ0n) is 53.8. The Morgan fingerprint density at radius 3 is 2.04 bits per heavy atom. The average Bonchev–Trinajstić information content (AvgIpc) is 1.57. The van der Waals surface area contributed by atoms with Gasteiger partial charge in [-0.2, -0.15) is 0 Å². The third-order valence-corrected chi connectivity index (χ3v) is 16.0. The minimum Gasteiger partial charge on any atom is -0.478 e. The molecule has 5 atom stereocenters. The standard InChI is InChI=1S/C68H87N11O11/c1-40(2)53(35-42(5)64(86)87)78(13)63(85)59(67(6,7)8)76-62(84)58(70-11)68(9,10)50-38-77(12)54-36-48(30-31-49(50)54)73-66(89)90-39-43-24-28-47(29-25-43)72-60(82)51(22-18-34-71-65(69)88)74-61(83)57(41(3)4)75-55(80)32-33-56(81)79-37-46-21-15-14-19-44(46)26-27-45-20-16-17-23-52(45)79/h14-17,19-21,23-25,28-31,35-36,38,40-41,51,53,57-59,70H,18,22,32-34,37,39H2,1-13H3,(H,72,82)(H,73,89)(H,74,83)(H,75,80)(H,76,84)(H,86,87)(H3,69,71,88)/b42-35+/t51-,53+,57-,58+,59+/m0/s1. The molecular formula is C68H87N11O11. The van der Waals surface area contributed by atoms with Crippen molar-refractivity contribution in [3.8, 4) is 11.8 Å². The molecule has 480 valence electrons. The second-order valence-corrected chi connectivity index (χ2v) is 25.1. The lowest BCUT2D eigenvalue weighted by atomic mass is 9.76. The number of primary amides is 1.